The molecular formula is C13H23N5. The van der Waals surface area contributed by atoms with Gasteiger partial charge in [-0.2, -0.15) is 4.98 Å². The van der Waals surface area contributed by atoms with Gasteiger partial charge in [-0.3, -0.25) is 0 Å². The van der Waals surface area contributed by atoms with E-state index in [1.807, 2.05) is 20.2 Å². The van der Waals surface area contributed by atoms with Crippen molar-refractivity contribution in [3.8, 4) is 0 Å². The molecule has 0 bridgehead atoms. The van der Waals surface area contributed by atoms with Crippen molar-refractivity contribution in [3.63, 3.8) is 0 Å². The van der Waals surface area contributed by atoms with E-state index in [1.54, 1.807) is 0 Å². The van der Waals surface area contributed by atoms with Crippen LogP contribution in [0.1, 0.15) is 25.3 Å². The SMILES string of the molecule is CCN1CCCC(Nc2nc(NC)ncc2C)C1. The number of likely N-dealkylation sites (tertiary alicyclic amines) is 1. The van der Waals surface area contributed by atoms with Crippen molar-refractivity contribution in [2.24, 2.45) is 0 Å². The van der Waals surface area contributed by atoms with E-state index in [2.05, 4.69) is 32.4 Å². The minimum absolute atomic E-state index is 0.497. The minimum Gasteiger partial charge on any atom is -0.366 e. The lowest BCUT2D eigenvalue weighted by atomic mass is 10.1. The van der Waals surface area contributed by atoms with Crippen LogP contribution in [-0.2, 0) is 0 Å². The molecule has 0 radical (unpaired) electrons. The second-order valence-electron chi connectivity index (χ2n) is 4.85. The first-order valence-corrected chi connectivity index (χ1v) is 6.73. The number of aryl methyl sites for hydroxylation is 1. The van der Waals surface area contributed by atoms with Crippen LogP contribution in [0.4, 0.5) is 11.8 Å². The summed E-state index contributed by atoms with van der Waals surface area (Å²) >= 11 is 0. The van der Waals surface area contributed by atoms with Gasteiger partial charge in [0.25, 0.3) is 0 Å². The lowest BCUT2D eigenvalue weighted by Gasteiger charge is -2.32. The van der Waals surface area contributed by atoms with Crippen molar-refractivity contribution in [2.75, 3.05) is 37.3 Å². The fourth-order valence-corrected chi connectivity index (χ4v) is 2.36. The van der Waals surface area contributed by atoms with Crippen LogP contribution < -0.4 is 10.6 Å². The molecule has 1 aromatic rings. The van der Waals surface area contributed by atoms with E-state index in [0.29, 0.717) is 12.0 Å². The Bertz CT molecular complexity index is 393. The van der Waals surface area contributed by atoms with Crippen LogP contribution in [-0.4, -0.2) is 47.6 Å². The van der Waals surface area contributed by atoms with E-state index in [9.17, 15) is 0 Å². The maximum absolute atomic E-state index is 4.48. The number of hydrogen-bond donors (Lipinski definition) is 2. The third-order valence-electron chi connectivity index (χ3n) is 3.49. The van der Waals surface area contributed by atoms with Gasteiger partial charge in [-0.1, -0.05) is 6.92 Å². The molecule has 5 heteroatoms. The first-order valence-electron chi connectivity index (χ1n) is 6.73. The highest BCUT2D eigenvalue weighted by Gasteiger charge is 2.19. The number of anilines is 2. The summed E-state index contributed by atoms with van der Waals surface area (Å²) in [6.45, 7) is 7.72. The molecule has 2 N–H and O–H groups in total. The quantitative estimate of drug-likeness (QED) is 0.851. The van der Waals surface area contributed by atoms with Crippen LogP contribution in [0.3, 0.4) is 0 Å². The van der Waals surface area contributed by atoms with Crippen molar-refractivity contribution in [1.82, 2.24) is 14.9 Å². The van der Waals surface area contributed by atoms with Gasteiger partial charge in [0, 0.05) is 31.4 Å². The molecule has 0 amide bonds. The second kappa shape index (κ2) is 6.00. The molecule has 0 spiro atoms. The molecule has 1 aromatic heterocycles. The number of piperidine rings is 1. The molecule has 1 unspecified atom stereocenters. The average Bonchev–Trinajstić information content (AvgIpc) is 2.41. The number of nitrogens with one attached hydrogen (secondary N) is 2. The fraction of sp³-hybridized carbons (Fsp3) is 0.692. The van der Waals surface area contributed by atoms with Crippen molar-refractivity contribution in [2.45, 2.75) is 32.7 Å². The lowest BCUT2D eigenvalue weighted by Crippen LogP contribution is -2.42. The van der Waals surface area contributed by atoms with Gasteiger partial charge in [-0.05, 0) is 32.9 Å². The first-order chi connectivity index (χ1) is 8.72. The number of aromatic nitrogens is 2. The Balaban J connectivity index is 2.04. The Hall–Kier alpha value is -1.36. The highest BCUT2D eigenvalue weighted by Crippen LogP contribution is 2.18. The van der Waals surface area contributed by atoms with Gasteiger partial charge in [-0.25, -0.2) is 4.98 Å². The smallest absolute Gasteiger partial charge is 0.224 e. The van der Waals surface area contributed by atoms with Crippen LogP contribution in [0.15, 0.2) is 6.20 Å². The third kappa shape index (κ3) is 3.10. The topological polar surface area (TPSA) is 53.1 Å². The average molecular weight is 249 g/mol. The van der Waals surface area contributed by atoms with E-state index in [0.717, 1.165) is 24.5 Å². The molecule has 1 saturated heterocycles. The zero-order valence-electron chi connectivity index (χ0n) is 11.5. The molecule has 1 aliphatic rings. The summed E-state index contributed by atoms with van der Waals surface area (Å²) in [4.78, 5) is 11.2. The second-order valence-corrected chi connectivity index (χ2v) is 4.85. The summed E-state index contributed by atoms with van der Waals surface area (Å²) in [5, 5.41) is 6.53. The number of rotatable bonds is 4. The Morgan fingerprint density at radius 2 is 2.33 bits per heavy atom. The van der Waals surface area contributed by atoms with Crippen molar-refractivity contribution >= 4 is 11.8 Å². The van der Waals surface area contributed by atoms with Crippen molar-refractivity contribution < 1.29 is 0 Å². The van der Waals surface area contributed by atoms with Crippen LogP contribution in [0.5, 0.6) is 0 Å². The standard InChI is InChI=1S/C13H23N5/c1-4-18-7-5-6-11(9-18)16-12-10(2)8-15-13(14-3)17-12/h8,11H,4-7,9H2,1-3H3,(H2,14,15,16,17). The van der Waals surface area contributed by atoms with Gasteiger partial charge in [-0.15, -0.1) is 0 Å². The molecule has 18 heavy (non-hydrogen) atoms. The molecule has 1 aliphatic heterocycles. The van der Waals surface area contributed by atoms with Gasteiger partial charge in [0.05, 0.1) is 0 Å². The summed E-state index contributed by atoms with van der Waals surface area (Å²) in [5.74, 6) is 1.63. The predicted molar refractivity (Wildman–Crippen MR) is 75.1 cm³/mol. The maximum atomic E-state index is 4.48. The summed E-state index contributed by atoms with van der Waals surface area (Å²) in [7, 11) is 1.84. The van der Waals surface area contributed by atoms with E-state index < -0.39 is 0 Å². The van der Waals surface area contributed by atoms with Gasteiger partial charge >= 0.3 is 0 Å². The van der Waals surface area contributed by atoms with Gasteiger partial charge in [0.2, 0.25) is 5.95 Å². The van der Waals surface area contributed by atoms with E-state index in [1.165, 1.54) is 19.4 Å². The van der Waals surface area contributed by atoms with E-state index in [4.69, 9.17) is 0 Å². The van der Waals surface area contributed by atoms with Gasteiger partial charge in [0.15, 0.2) is 0 Å². The molecule has 100 valence electrons. The summed E-state index contributed by atoms with van der Waals surface area (Å²) in [6, 6.07) is 0.497. The van der Waals surface area contributed by atoms with Crippen LogP contribution >= 0.6 is 0 Å². The van der Waals surface area contributed by atoms with E-state index >= 15 is 0 Å². The monoisotopic (exact) mass is 249 g/mol. The normalized spacial score (nSPS) is 20.7. The molecule has 0 saturated carbocycles. The Labute approximate surface area is 109 Å². The fourth-order valence-electron chi connectivity index (χ4n) is 2.36. The Morgan fingerprint density at radius 3 is 3.06 bits per heavy atom. The maximum Gasteiger partial charge on any atom is 0.224 e. The largest absolute Gasteiger partial charge is 0.366 e. The zero-order valence-corrected chi connectivity index (χ0v) is 11.5. The van der Waals surface area contributed by atoms with Crippen molar-refractivity contribution in [1.29, 1.82) is 0 Å². The zero-order chi connectivity index (χ0) is 13.0. The highest BCUT2D eigenvalue weighted by atomic mass is 15.2. The number of hydrogen-bond acceptors (Lipinski definition) is 5. The molecule has 5 nitrogen and oxygen atoms in total. The van der Waals surface area contributed by atoms with Crippen LogP contribution in [0.25, 0.3) is 0 Å². The summed E-state index contributed by atoms with van der Waals surface area (Å²) in [5.41, 5.74) is 1.10. The molecule has 1 atom stereocenters. The van der Waals surface area contributed by atoms with Crippen molar-refractivity contribution in [3.05, 3.63) is 11.8 Å². The Kier molecular flexibility index (Phi) is 4.36. The number of nitrogens with zero attached hydrogens (tertiary/aromatic N) is 3. The van der Waals surface area contributed by atoms with Gasteiger partial charge in [0.1, 0.15) is 5.82 Å². The predicted octanol–water partition coefficient (Wildman–Crippen LogP) is 1.72. The van der Waals surface area contributed by atoms with Gasteiger partial charge < -0.3 is 15.5 Å². The first kappa shape index (κ1) is 13.1. The minimum atomic E-state index is 0.497. The molecule has 0 aromatic carbocycles. The highest BCUT2D eigenvalue weighted by molar-refractivity contribution is 5.47. The Morgan fingerprint density at radius 1 is 1.50 bits per heavy atom. The van der Waals surface area contributed by atoms with E-state index in [-0.39, 0.29) is 0 Å². The molecule has 1 fully saturated rings. The van der Waals surface area contributed by atoms with Crippen LogP contribution in [0, 0.1) is 6.92 Å². The molecule has 0 aliphatic carbocycles. The third-order valence-corrected chi connectivity index (χ3v) is 3.49. The lowest BCUT2D eigenvalue weighted by molar-refractivity contribution is 0.226. The molecule has 2 rings (SSSR count). The molecule has 2 heterocycles. The molecular weight excluding hydrogens is 226 g/mol. The summed E-state index contributed by atoms with van der Waals surface area (Å²) in [6.07, 6.45) is 4.34. The number of likely N-dealkylation sites (N-methyl/N-ethyl adjacent to an activating group) is 1. The summed E-state index contributed by atoms with van der Waals surface area (Å²) < 4.78 is 0. The van der Waals surface area contributed by atoms with Crippen LogP contribution in [0.2, 0.25) is 0 Å².